The Balaban J connectivity index is 2.24. The van der Waals surface area contributed by atoms with Crippen molar-refractivity contribution in [3.63, 3.8) is 0 Å². The number of carbonyl (C=O) groups is 2. The van der Waals surface area contributed by atoms with Crippen LogP contribution in [-0.4, -0.2) is 22.0 Å². The third-order valence-corrected chi connectivity index (χ3v) is 2.89. The van der Waals surface area contributed by atoms with E-state index in [4.69, 9.17) is 16.7 Å². The molecule has 0 atom stereocenters. The van der Waals surface area contributed by atoms with Crippen LogP contribution in [0.1, 0.15) is 12.8 Å². The zero-order chi connectivity index (χ0) is 13.8. The Labute approximate surface area is 114 Å². The number of aliphatic carboxylic acids is 1. The lowest BCUT2D eigenvalue weighted by atomic mass is 10.2. The van der Waals surface area contributed by atoms with Crippen LogP contribution in [0, 0.1) is 0 Å². The van der Waals surface area contributed by atoms with E-state index >= 15 is 0 Å². The minimum Gasteiger partial charge on any atom is -0.481 e. The highest BCUT2D eigenvalue weighted by Gasteiger charge is 2.10. The topological polar surface area (TPSA) is 79.3 Å². The predicted molar refractivity (Wildman–Crippen MR) is 72.3 cm³/mol. The van der Waals surface area contributed by atoms with Gasteiger partial charge in [0.25, 0.3) is 0 Å². The fraction of sp³-hybridized carbons (Fsp3) is 0.154. The first-order valence-electron chi connectivity index (χ1n) is 5.63. The lowest BCUT2D eigenvalue weighted by Crippen LogP contribution is -2.13. The van der Waals surface area contributed by atoms with E-state index in [-0.39, 0.29) is 18.7 Å². The Kier molecular flexibility index (Phi) is 3.97. The van der Waals surface area contributed by atoms with Gasteiger partial charge in [-0.1, -0.05) is 11.6 Å². The van der Waals surface area contributed by atoms with E-state index in [1.165, 1.54) is 0 Å². The van der Waals surface area contributed by atoms with Gasteiger partial charge in [0.1, 0.15) is 0 Å². The van der Waals surface area contributed by atoms with Gasteiger partial charge in [-0.2, -0.15) is 0 Å². The molecule has 2 N–H and O–H groups in total. The van der Waals surface area contributed by atoms with Gasteiger partial charge in [0.2, 0.25) is 5.91 Å². The van der Waals surface area contributed by atoms with Crippen molar-refractivity contribution in [2.45, 2.75) is 12.8 Å². The van der Waals surface area contributed by atoms with Crippen molar-refractivity contribution in [1.29, 1.82) is 0 Å². The van der Waals surface area contributed by atoms with Crippen molar-refractivity contribution in [3.05, 3.63) is 35.5 Å². The minimum atomic E-state index is -1.01. The highest BCUT2D eigenvalue weighted by atomic mass is 35.5. The molecule has 6 heteroatoms. The van der Waals surface area contributed by atoms with Crippen LogP contribution in [0.5, 0.6) is 0 Å². The number of carboxylic acids is 1. The van der Waals surface area contributed by atoms with E-state index in [1.807, 2.05) is 0 Å². The monoisotopic (exact) mass is 278 g/mol. The van der Waals surface area contributed by atoms with Gasteiger partial charge < -0.3 is 10.4 Å². The van der Waals surface area contributed by atoms with Crippen LogP contribution in [0.15, 0.2) is 30.5 Å². The molecule has 0 spiro atoms. The third kappa shape index (κ3) is 3.20. The van der Waals surface area contributed by atoms with Gasteiger partial charge in [-0.05, 0) is 24.3 Å². The molecule has 1 heterocycles. The second-order valence-corrected chi connectivity index (χ2v) is 4.34. The van der Waals surface area contributed by atoms with Crippen LogP contribution >= 0.6 is 11.6 Å². The molecule has 0 fully saturated rings. The molecule has 0 bridgehead atoms. The molecule has 0 saturated heterocycles. The predicted octanol–water partition coefficient (Wildman–Crippen LogP) is 2.69. The maximum absolute atomic E-state index is 11.6. The molecule has 1 aromatic heterocycles. The van der Waals surface area contributed by atoms with Crippen LogP contribution < -0.4 is 5.32 Å². The quantitative estimate of drug-likeness (QED) is 0.901. The molecule has 19 heavy (non-hydrogen) atoms. The Morgan fingerprint density at radius 2 is 2.05 bits per heavy atom. The number of anilines is 1. The highest BCUT2D eigenvalue weighted by Crippen LogP contribution is 2.27. The molecular formula is C13H11ClN2O3. The minimum absolute atomic E-state index is 0.0771. The fourth-order valence-electron chi connectivity index (χ4n) is 1.67. The first-order valence-corrected chi connectivity index (χ1v) is 6.00. The molecule has 0 aliphatic carbocycles. The van der Waals surface area contributed by atoms with Crippen molar-refractivity contribution >= 4 is 40.1 Å². The zero-order valence-corrected chi connectivity index (χ0v) is 10.6. The second-order valence-electron chi connectivity index (χ2n) is 3.94. The Hall–Kier alpha value is -2.14. The third-order valence-electron chi connectivity index (χ3n) is 2.56. The molecule has 5 nitrogen and oxygen atoms in total. The average Bonchev–Trinajstić information content (AvgIpc) is 2.40. The average molecular weight is 279 g/mol. The fourth-order valence-corrected chi connectivity index (χ4v) is 1.89. The molecule has 0 saturated carbocycles. The summed E-state index contributed by atoms with van der Waals surface area (Å²) < 4.78 is 0. The van der Waals surface area contributed by atoms with Gasteiger partial charge in [-0.25, -0.2) is 0 Å². The molecule has 0 radical (unpaired) electrons. The van der Waals surface area contributed by atoms with Crippen molar-refractivity contribution < 1.29 is 14.7 Å². The number of carboxylic acid groups (broad SMARTS) is 1. The van der Waals surface area contributed by atoms with Crippen molar-refractivity contribution in [3.8, 4) is 0 Å². The number of nitrogens with one attached hydrogen (secondary N) is 1. The van der Waals surface area contributed by atoms with Crippen LogP contribution in [0.25, 0.3) is 10.9 Å². The normalized spacial score (nSPS) is 10.4. The number of fused-ring (bicyclic) bond motifs is 1. The molecule has 0 aliphatic heterocycles. The number of benzene rings is 1. The lowest BCUT2D eigenvalue weighted by Gasteiger charge is -2.08. The number of carbonyl (C=O) groups excluding carboxylic acids is 1. The molecule has 98 valence electrons. The molecule has 1 aromatic carbocycles. The second kappa shape index (κ2) is 5.67. The van der Waals surface area contributed by atoms with Crippen molar-refractivity contribution in [2.75, 3.05) is 5.32 Å². The van der Waals surface area contributed by atoms with E-state index in [0.717, 1.165) is 5.39 Å². The maximum Gasteiger partial charge on any atom is 0.303 e. The molecule has 1 amide bonds. The van der Waals surface area contributed by atoms with Crippen LogP contribution in [0.2, 0.25) is 5.02 Å². The molecular weight excluding hydrogens is 268 g/mol. The van der Waals surface area contributed by atoms with E-state index in [0.29, 0.717) is 16.2 Å². The summed E-state index contributed by atoms with van der Waals surface area (Å²) >= 11 is 6.04. The van der Waals surface area contributed by atoms with E-state index in [1.54, 1.807) is 30.5 Å². The number of aromatic nitrogens is 1. The van der Waals surface area contributed by atoms with E-state index in [2.05, 4.69) is 10.3 Å². The SMILES string of the molecule is O=C(O)CCC(=O)Nc1ccc(Cl)c2cccnc12. The number of nitrogens with zero attached hydrogens (tertiary/aromatic N) is 1. The smallest absolute Gasteiger partial charge is 0.303 e. The molecule has 0 unspecified atom stereocenters. The zero-order valence-electron chi connectivity index (χ0n) is 9.89. The molecule has 0 aliphatic rings. The lowest BCUT2D eigenvalue weighted by molar-refractivity contribution is -0.138. The van der Waals surface area contributed by atoms with Crippen LogP contribution in [0.4, 0.5) is 5.69 Å². The Bertz CT molecular complexity index is 643. The van der Waals surface area contributed by atoms with Crippen molar-refractivity contribution in [2.24, 2.45) is 0 Å². The van der Waals surface area contributed by atoms with Gasteiger partial charge >= 0.3 is 5.97 Å². The number of hydrogen-bond acceptors (Lipinski definition) is 3. The van der Waals surface area contributed by atoms with Gasteiger partial charge in [0.15, 0.2) is 0 Å². The number of hydrogen-bond donors (Lipinski definition) is 2. The summed E-state index contributed by atoms with van der Waals surface area (Å²) in [6.07, 6.45) is 1.32. The largest absolute Gasteiger partial charge is 0.481 e. The standard InChI is InChI=1S/C13H11ClN2O3/c14-9-3-4-10(13-8(9)2-1-7-15-13)16-11(17)5-6-12(18)19/h1-4,7H,5-6H2,(H,16,17)(H,18,19). The number of amides is 1. The van der Waals surface area contributed by atoms with E-state index in [9.17, 15) is 9.59 Å². The summed E-state index contributed by atoms with van der Waals surface area (Å²) in [4.78, 5) is 26.2. The summed E-state index contributed by atoms with van der Waals surface area (Å²) in [5, 5.41) is 12.5. The molecule has 2 aromatic rings. The summed E-state index contributed by atoms with van der Waals surface area (Å²) in [6.45, 7) is 0. The summed E-state index contributed by atoms with van der Waals surface area (Å²) in [7, 11) is 0. The highest BCUT2D eigenvalue weighted by molar-refractivity contribution is 6.35. The first kappa shape index (κ1) is 13.3. The first-order chi connectivity index (χ1) is 9.08. The van der Waals surface area contributed by atoms with Crippen LogP contribution in [-0.2, 0) is 9.59 Å². The van der Waals surface area contributed by atoms with Crippen LogP contribution in [0.3, 0.4) is 0 Å². The van der Waals surface area contributed by atoms with Gasteiger partial charge in [-0.3, -0.25) is 14.6 Å². The van der Waals surface area contributed by atoms with Gasteiger partial charge in [0, 0.05) is 18.0 Å². The Morgan fingerprint density at radius 3 is 2.79 bits per heavy atom. The van der Waals surface area contributed by atoms with Gasteiger partial charge in [-0.15, -0.1) is 0 Å². The van der Waals surface area contributed by atoms with Gasteiger partial charge in [0.05, 0.1) is 22.6 Å². The van der Waals surface area contributed by atoms with Crippen molar-refractivity contribution in [1.82, 2.24) is 4.98 Å². The van der Waals surface area contributed by atoms with E-state index < -0.39 is 5.97 Å². The Morgan fingerprint density at radius 1 is 1.26 bits per heavy atom. The summed E-state index contributed by atoms with van der Waals surface area (Å²) in [6, 6.07) is 6.87. The maximum atomic E-state index is 11.6. The number of pyridine rings is 1. The summed E-state index contributed by atoms with van der Waals surface area (Å²) in [5.41, 5.74) is 1.11. The molecule has 2 rings (SSSR count). The summed E-state index contributed by atoms with van der Waals surface area (Å²) in [5.74, 6) is -1.37. The number of rotatable bonds is 4. The number of halogens is 1.